The Labute approximate surface area is 194 Å². The number of amides is 1. The molecule has 0 aromatic heterocycles. The normalized spacial score (nSPS) is 17.5. The molecule has 0 unspecified atom stereocenters. The smallest absolute Gasteiger partial charge is 0.383 e. The number of ether oxygens (including phenoxy) is 2. The van der Waals surface area contributed by atoms with Gasteiger partial charge in [0.05, 0.1) is 29.8 Å². The van der Waals surface area contributed by atoms with Crippen LogP contribution < -0.4 is 0 Å². The monoisotopic (exact) mass is 504 g/mol. The number of rotatable bonds is 8. The predicted octanol–water partition coefficient (Wildman–Crippen LogP) is 3.02. The highest BCUT2D eigenvalue weighted by Gasteiger charge is 2.34. The zero-order valence-electron chi connectivity index (χ0n) is 18.3. The number of carbonyl (C=O) groups is 1. The Bertz CT molecular complexity index is 1090. The second-order valence-corrected chi connectivity index (χ2v) is 9.57. The number of benzene rings is 2. The molecule has 3 rings (SSSR count). The molecule has 7 nitrogen and oxygen atoms in total. The Morgan fingerprint density at radius 3 is 2.56 bits per heavy atom. The molecule has 2 aromatic carbocycles. The first kappa shape index (κ1) is 26.1. The summed E-state index contributed by atoms with van der Waals surface area (Å²) in [6.07, 6.45) is -5.33. The molecule has 34 heavy (non-hydrogen) atoms. The molecule has 1 fully saturated rings. The van der Waals surface area contributed by atoms with Gasteiger partial charge in [0.1, 0.15) is 5.82 Å². The van der Waals surface area contributed by atoms with Crippen LogP contribution in [0, 0.1) is 5.82 Å². The van der Waals surface area contributed by atoms with Crippen LogP contribution in [0.5, 0.6) is 0 Å². The summed E-state index contributed by atoms with van der Waals surface area (Å²) in [6.45, 7) is 0.162. The number of hydrogen-bond donors (Lipinski definition) is 0. The predicted molar refractivity (Wildman–Crippen MR) is 114 cm³/mol. The molecule has 1 amide bonds. The van der Waals surface area contributed by atoms with Crippen LogP contribution in [-0.2, 0) is 25.7 Å². The minimum atomic E-state index is -4.60. The third kappa shape index (κ3) is 6.32. The maximum Gasteiger partial charge on any atom is 0.416 e. The highest BCUT2D eigenvalue weighted by molar-refractivity contribution is 7.89. The lowest BCUT2D eigenvalue weighted by atomic mass is 10.1. The summed E-state index contributed by atoms with van der Waals surface area (Å²) >= 11 is 0. The topological polar surface area (TPSA) is 76.2 Å². The maximum absolute atomic E-state index is 13.2. The van der Waals surface area contributed by atoms with Crippen LogP contribution in [-0.4, -0.2) is 76.1 Å². The van der Waals surface area contributed by atoms with Crippen LogP contribution >= 0.6 is 0 Å². The summed E-state index contributed by atoms with van der Waals surface area (Å²) in [5, 5.41) is 0. The van der Waals surface area contributed by atoms with E-state index in [9.17, 15) is 30.8 Å². The number of hydrogen-bond acceptors (Lipinski definition) is 5. The van der Waals surface area contributed by atoms with Crippen LogP contribution in [0.15, 0.2) is 53.4 Å². The number of nitrogens with zero attached hydrogens (tertiary/aromatic N) is 2. The standard InChI is InChI=1S/C22H24F4N2O5S/c1-32-11-9-27(21(29)16-3-2-4-17(13-16)22(24,25)26)14-19-15-28(10-12-33-19)34(30,31)20-7-5-18(23)6-8-20/h2-8,13,19H,9-12,14-15H2,1H3/t19-/m1/s1. The number of morpholine rings is 1. The lowest BCUT2D eigenvalue weighted by molar-refractivity contribution is -0.137. The fourth-order valence-electron chi connectivity index (χ4n) is 3.51. The molecule has 1 aliphatic heterocycles. The van der Waals surface area contributed by atoms with E-state index in [4.69, 9.17) is 9.47 Å². The van der Waals surface area contributed by atoms with Gasteiger partial charge in [0.15, 0.2) is 0 Å². The van der Waals surface area contributed by atoms with E-state index < -0.39 is 39.6 Å². The van der Waals surface area contributed by atoms with Crippen molar-refractivity contribution in [3.8, 4) is 0 Å². The molecule has 186 valence electrons. The van der Waals surface area contributed by atoms with E-state index in [-0.39, 0.29) is 49.9 Å². The largest absolute Gasteiger partial charge is 0.416 e. The SMILES string of the molecule is COCCN(C[C@@H]1CN(S(=O)(=O)c2ccc(F)cc2)CCO1)C(=O)c1cccc(C(F)(F)F)c1. The van der Waals surface area contributed by atoms with Crippen LogP contribution in [0.1, 0.15) is 15.9 Å². The van der Waals surface area contributed by atoms with Gasteiger partial charge in [-0.05, 0) is 42.5 Å². The van der Waals surface area contributed by atoms with E-state index in [1.54, 1.807) is 0 Å². The van der Waals surface area contributed by atoms with Gasteiger partial charge >= 0.3 is 6.18 Å². The summed E-state index contributed by atoms with van der Waals surface area (Å²) in [4.78, 5) is 14.2. The molecular formula is C22H24F4N2O5S. The molecule has 1 aliphatic rings. The molecule has 12 heteroatoms. The summed E-state index contributed by atoms with van der Waals surface area (Å²) < 4.78 is 90.1. The van der Waals surface area contributed by atoms with Crippen molar-refractivity contribution >= 4 is 15.9 Å². The summed E-state index contributed by atoms with van der Waals surface area (Å²) in [5.74, 6) is -1.23. The van der Waals surface area contributed by atoms with Crippen molar-refractivity contribution in [2.24, 2.45) is 0 Å². The Hall–Kier alpha value is -2.54. The molecule has 0 bridgehead atoms. The number of methoxy groups -OCH3 is 1. The van der Waals surface area contributed by atoms with Gasteiger partial charge in [-0.1, -0.05) is 6.07 Å². The third-order valence-electron chi connectivity index (χ3n) is 5.27. The first-order valence-electron chi connectivity index (χ1n) is 10.3. The zero-order valence-corrected chi connectivity index (χ0v) is 19.1. The summed E-state index contributed by atoms with van der Waals surface area (Å²) in [7, 11) is -2.51. The molecule has 0 radical (unpaired) electrons. The van der Waals surface area contributed by atoms with Gasteiger partial charge < -0.3 is 14.4 Å². The number of alkyl halides is 3. The van der Waals surface area contributed by atoms with Crippen LogP contribution in [0.3, 0.4) is 0 Å². The second-order valence-electron chi connectivity index (χ2n) is 7.63. The van der Waals surface area contributed by atoms with Gasteiger partial charge in [-0.2, -0.15) is 17.5 Å². The molecule has 2 aromatic rings. The van der Waals surface area contributed by atoms with Crippen molar-refractivity contribution in [3.05, 3.63) is 65.5 Å². The molecule has 0 spiro atoms. The van der Waals surface area contributed by atoms with Gasteiger partial charge in [-0.3, -0.25) is 4.79 Å². The van der Waals surface area contributed by atoms with E-state index in [0.717, 1.165) is 42.5 Å². The quantitative estimate of drug-likeness (QED) is 0.517. The molecule has 0 N–H and O–H groups in total. The van der Waals surface area contributed by atoms with E-state index in [2.05, 4.69) is 0 Å². The van der Waals surface area contributed by atoms with E-state index in [1.807, 2.05) is 0 Å². The number of sulfonamides is 1. The van der Waals surface area contributed by atoms with E-state index in [0.29, 0.717) is 0 Å². The second kappa shape index (κ2) is 10.8. The van der Waals surface area contributed by atoms with Gasteiger partial charge in [0.25, 0.3) is 5.91 Å². The molecule has 0 aliphatic carbocycles. The minimum absolute atomic E-state index is 0.0565. The Morgan fingerprint density at radius 2 is 1.91 bits per heavy atom. The lowest BCUT2D eigenvalue weighted by Gasteiger charge is -2.35. The number of carbonyl (C=O) groups excluding carboxylic acids is 1. The van der Waals surface area contributed by atoms with Gasteiger partial charge in [-0.25, -0.2) is 12.8 Å². The maximum atomic E-state index is 13.2. The highest BCUT2D eigenvalue weighted by atomic mass is 32.2. The number of halogens is 4. The van der Waals surface area contributed by atoms with E-state index in [1.165, 1.54) is 22.4 Å². The Balaban J connectivity index is 1.77. The van der Waals surface area contributed by atoms with Crippen molar-refractivity contribution in [2.45, 2.75) is 17.2 Å². The third-order valence-corrected chi connectivity index (χ3v) is 7.15. The van der Waals surface area contributed by atoms with Crippen LogP contribution in [0.25, 0.3) is 0 Å². The Morgan fingerprint density at radius 1 is 1.21 bits per heavy atom. The molecule has 1 saturated heterocycles. The minimum Gasteiger partial charge on any atom is -0.383 e. The fraction of sp³-hybridized carbons (Fsp3) is 0.409. The first-order valence-corrected chi connectivity index (χ1v) is 11.8. The van der Waals surface area contributed by atoms with Gasteiger partial charge in [-0.15, -0.1) is 0 Å². The van der Waals surface area contributed by atoms with Crippen molar-refractivity contribution in [3.63, 3.8) is 0 Å². The van der Waals surface area contributed by atoms with Gasteiger partial charge in [0.2, 0.25) is 10.0 Å². The molecule has 1 heterocycles. The first-order chi connectivity index (χ1) is 16.0. The van der Waals surface area contributed by atoms with Crippen LogP contribution in [0.2, 0.25) is 0 Å². The highest BCUT2D eigenvalue weighted by Crippen LogP contribution is 2.30. The fourth-order valence-corrected chi connectivity index (χ4v) is 4.97. The van der Waals surface area contributed by atoms with E-state index >= 15 is 0 Å². The molecule has 1 atom stereocenters. The lowest BCUT2D eigenvalue weighted by Crippen LogP contribution is -2.51. The average molecular weight is 505 g/mol. The van der Waals surface area contributed by atoms with Crippen molar-refractivity contribution in [1.82, 2.24) is 9.21 Å². The molecular weight excluding hydrogens is 480 g/mol. The zero-order chi connectivity index (χ0) is 24.9. The summed E-state index contributed by atoms with van der Waals surface area (Å²) in [6, 6.07) is 8.50. The average Bonchev–Trinajstić information content (AvgIpc) is 2.81. The Kier molecular flexibility index (Phi) is 8.29. The van der Waals surface area contributed by atoms with Crippen molar-refractivity contribution < 1.29 is 40.2 Å². The van der Waals surface area contributed by atoms with Crippen molar-refractivity contribution in [1.29, 1.82) is 0 Å². The van der Waals surface area contributed by atoms with Crippen molar-refractivity contribution in [2.75, 3.05) is 46.5 Å². The summed E-state index contributed by atoms with van der Waals surface area (Å²) in [5.41, 5.74) is -1.10. The molecule has 0 saturated carbocycles. The van der Waals surface area contributed by atoms with Crippen LogP contribution in [0.4, 0.5) is 17.6 Å². The van der Waals surface area contributed by atoms with Gasteiger partial charge in [0, 0.05) is 38.9 Å².